The molecule has 13 nitrogen and oxygen atoms in total. The van der Waals surface area contributed by atoms with E-state index in [1.54, 1.807) is 7.11 Å². The van der Waals surface area contributed by atoms with Gasteiger partial charge in [0, 0.05) is 7.11 Å². The molecule has 0 aromatic heterocycles. The van der Waals surface area contributed by atoms with Crippen molar-refractivity contribution in [2.45, 2.75) is 6.42 Å². The van der Waals surface area contributed by atoms with Crippen LogP contribution in [0, 0.1) is 0 Å². The van der Waals surface area contributed by atoms with Crippen LogP contribution in [-0.2, 0) is 58.5 Å². The second-order valence-corrected chi connectivity index (χ2v) is 9.15. The Morgan fingerprint density at radius 2 is 0.659 bits per heavy atom. The van der Waals surface area contributed by atoms with Gasteiger partial charge in [0.1, 0.15) is 12.4 Å². The van der Waals surface area contributed by atoms with E-state index in [2.05, 4.69) is 0 Å². The Kier molecular flexibility index (Phi) is 31.7. The minimum atomic E-state index is 0.497. The number of hydrogen-bond acceptors (Lipinski definition) is 13. The van der Waals surface area contributed by atoms with Crippen LogP contribution in [0.25, 0.3) is 0 Å². The number of rotatable bonds is 36. The average molecular weight is 636 g/mol. The van der Waals surface area contributed by atoms with E-state index in [1.165, 1.54) is 5.56 Å². The Morgan fingerprint density at radius 3 is 0.932 bits per heavy atom. The van der Waals surface area contributed by atoms with Gasteiger partial charge in [-0.3, -0.25) is 0 Å². The molecular weight excluding hydrogens is 578 g/mol. The molecular formula is C31H57NO12. The van der Waals surface area contributed by atoms with Gasteiger partial charge in [0.25, 0.3) is 0 Å². The molecule has 0 amide bonds. The molecule has 1 aromatic carbocycles. The van der Waals surface area contributed by atoms with Crippen LogP contribution >= 0.6 is 0 Å². The van der Waals surface area contributed by atoms with E-state index in [9.17, 15) is 0 Å². The van der Waals surface area contributed by atoms with Crippen molar-refractivity contribution in [2.24, 2.45) is 5.73 Å². The molecule has 0 aliphatic rings. The Balaban J connectivity index is 1.65. The second kappa shape index (κ2) is 34.4. The van der Waals surface area contributed by atoms with Crippen molar-refractivity contribution >= 4 is 0 Å². The molecule has 0 unspecified atom stereocenters. The second-order valence-electron chi connectivity index (χ2n) is 9.15. The molecule has 0 aliphatic carbocycles. The van der Waals surface area contributed by atoms with Gasteiger partial charge >= 0.3 is 0 Å². The Labute approximate surface area is 263 Å². The molecule has 258 valence electrons. The first-order valence-corrected chi connectivity index (χ1v) is 15.5. The fourth-order valence-electron chi connectivity index (χ4n) is 3.36. The predicted molar refractivity (Wildman–Crippen MR) is 165 cm³/mol. The van der Waals surface area contributed by atoms with Crippen LogP contribution in [0.5, 0.6) is 5.75 Å². The smallest absolute Gasteiger partial charge is 0.119 e. The summed E-state index contributed by atoms with van der Waals surface area (Å²) in [5, 5.41) is 0. The minimum Gasteiger partial charge on any atom is -0.491 e. The first kappa shape index (κ1) is 40.6. The third-order valence-electron chi connectivity index (χ3n) is 5.63. The van der Waals surface area contributed by atoms with Gasteiger partial charge in [0.05, 0.1) is 139 Å². The molecule has 2 N–H and O–H groups in total. The van der Waals surface area contributed by atoms with E-state index in [0.717, 1.165) is 12.2 Å². The summed E-state index contributed by atoms with van der Waals surface area (Å²) >= 11 is 0. The molecule has 0 radical (unpaired) electrons. The van der Waals surface area contributed by atoms with Gasteiger partial charge < -0.3 is 62.6 Å². The third-order valence-corrected chi connectivity index (χ3v) is 5.63. The Hall–Kier alpha value is -1.46. The number of ether oxygens (including phenoxy) is 12. The molecule has 0 fully saturated rings. The van der Waals surface area contributed by atoms with E-state index < -0.39 is 0 Å². The van der Waals surface area contributed by atoms with Crippen molar-refractivity contribution in [3.05, 3.63) is 29.8 Å². The maximum absolute atomic E-state index is 5.65. The minimum absolute atomic E-state index is 0.497. The lowest BCUT2D eigenvalue weighted by Gasteiger charge is -2.09. The lowest BCUT2D eigenvalue weighted by atomic mass is 10.1. The van der Waals surface area contributed by atoms with Crippen LogP contribution in [0.15, 0.2) is 24.3 Å². The average Bonchev–Trinajstić information content (AvgIpc) is 3.04. The molecule has 13 heteroatoms. The largest absolute Gasteiger partial charge is 0.491 e. The quantitative estimate of drug-likeness (QED) is 0.106. The normalized spacial score (nSPS) is 11.4. The van der Waals surface area contributed by atoms with E-state index >= 15 is 0 Å². The summed E-state index contributed by atoms with van der Waals surface area (Å²) < 4.78 is 65.1. The van der Waals surface area contributed by atoms with Crippen LogP contribution in [0.1, 0.15) is 5.56 Å². The van der Waals surface area contributed by atoms with Gasteiger partial charge in [-0.25, -0.2) is 0 Å². The van der Waals surface area contributed by atoms with Gasteiger partial charge in [0.15, 0.2) is 0 Å². The Morgan fingerprint density at radius 1 is 0.386 bits per heavy atom. The molecule has 0 spiro atoms. The highest BCUT2D eigenvalue weighted by atomic mass is 16.6. The summed E-state index contributed by atoms with van der Waals surface area (Å²) in [7, 11) is 1.65. The molecule has 0 aliphatic heterocycles. The maximum Gasteiger partial charge on any atom is 0.119 e. The number of hydrogen-bond donors (Lipinski definition) is 1. The van der Waals surface area contributed by atoms with Gasteiger partial charge in [0.2, 0.25) is 0 Å². The molecule has 0 atom stereocenters. The molecule has 0 saturated carbocycles. The van der Waals surface area contributed by atoms with Crippen LogP contribution in [0.3, 0.4) is 0 Å². The molecule has 1 rings (SSSR count). The highest BCUT2D eigenvalue weighted by molar-refractivity contribution is 5.27. The van der Waals surface area contributed by atoms with Crippen LogP contribution in [0.2, 0.25) is 0 Å². The van der Waals surface area contributed by atoms with Crippen molar-refractivity contribution in [1.29, 1.82) is 0 Å². The van der Waals surface area contributed by atoms with Gasteiger partial charge in [-0.1, -0.05) is 12.1 Å². The van der Waals surface area contributed by atoms with E-state index in [4.69, 9.17) is 62.6 Å². The lowest BCUT2D eigenvalue weighted by molar-refractivity contribution is -0.0273. The van der Waals surface area contributed by atoms with Crippen molar-refractivity contribution < 1.29 is 56.8 Å². The number of nitrogens with two attached hydrogens (primary N) is 1. The van der Waals surface area contributed by atoms with Gasteiger partial charge in [-0.15, -0.1) is 0 Å². The van der Waals surface area contributed by atoms with Crippen molar-refractivity contribution in [3.8, 4) is 5.75 Å². The topological polar surface area (TPSA) is 137 Å². The zero-order chi connectivity index (χ0) is 31.4. The fourth-order valence-corrected chi connectivity index (χ4v) is 3.36. The summed E-state index contributed by atoms with van der Waals surface area (Å²) in [5.74, 6) is 0.830. The molecule has 1 aromatic rings. The highest BCUT2D eigenvalue weighted by Gasteiger charge is 1.98. The summed E-state index contributed by atoms with van der Waals surface area (Å²) in [6.07, 6.45) is 0.873. The summed E-state index contributed by atoms with van der Waals surface area (Å²) in [6.45, 7) is 12.2. The van der Waals surface area contributed by atoms with Crippen molar-refractivity contribution in [3.63, 3.8) is 0 Å². The summed E-state index contributed by atoms with van der Waals surface area (Å²) in [6, 6.07) is 7.96. The maximum atomic E-state index is 5.65. The monoisotopic (exact) mass is 635 g/mol. The predicted octanol–water partition coefficient (Wildman–Crippen LogP) is 1.38. The fraction of sp³-hybridized carbons (Fsp3) is 0.806. The van der Waals surface area contributed by atoms with Crippen LogP contribution < -0.4 is 10.5 Å². The SMILES string of the molecule is COCCOCCOCCOCCOCCOCCOCCOCCOCCOCCOCCOc1ccc(CCN)cc1. The summed E-state index contributed by atoms with van der Waals surface area (Å²) in [4.78, 5) is 0. The molecule has 44 heavy (non-hydrogen) atoms. The zero-order valence-corrected chi connectivity index (χ0v) is 26.8. The number of methoxy groups -OCH3 is 1. The van der Waals surface area contributed by atoms with Gasteiger partial charge in [-0.2, -0.15) is 0 Å². The summed E-state index contributed by atoms with van der Waals surface area (Å²) in [5.41, 5.74) is 6.76. The van der Waals surface area contributed by atoms with E-state index in [1.807, 2.05) is 24.3 Å². The van der Waals surface area contributed by atoms with Gasteiger partial charge in [-0.05, 0) is 30.7 Å². The van der Waals surface area contributed by atoms with E-state index in [0.29, 0.717) is 152 Å². The third kappa shape index (κ3) is 29.3. The van der Waals surface area contributed by atoms with Crippen LogP contribution in [-0.4, -0.2) is 159 Å². The van der Waals surface area contributed by atoms with Crippen LogP contribution in [0.4, 0.5) is 0 Å². The highest BCUT2D eigenvalue weighted by Crippen LogP contribution is 2.12. The molecule has 0 saturated heterocycles. The van der Waals surface area contributed by atoms with Crippen molar-refractivity contribution in [2.75, 3.05) is 159 Å². The molecule has 0 heterocycles. The lowest BCUT2D eigenvalue weighted by Crippen LogP contribution is -2.15. The molecule has 0 bridgehead atoms. The standard InChI is InChI=1S/C31H57NO12/c1-33-8-9-34-10-11-35-12-13-36-14-15-37-16-17-38-18-19-39-20-21-40-22-23-41-24-25-42-26-27-43-28-29-44-31-4-2-30(3-5-31)6-7-32/h2-5H,6-29,32H2,1H3. The first-order chi connectivity index (χ1) is 21.9. The van der Waals surface area contributed by atoms with E-state index in [-0.39, 0.29) is 0 Å². The first-order valence-electron chi connectivity index (χ1n) is 15.5. The zero-order valence-electron chi connectivity index (χ0n) is 26.8. The number of benzene rings is 1. The van der Waals surface area contributed by atoms with Crippen molar-refractivity contribution in [1.82, 2.24) is 0 Å². The Bertz CT molecular complexity index is 686.